The first-order chi connectivity index (χ1) is 44.4. The summed E-state index contributed by atoms with van der Waals surface area (Å²) in [5.41, 5.74) is 14.6. The highest BCUT2D eigenvalue weighted by Gasteiger charge is 2.29. The van der Waals surface area contributed by atoms with E-state index in [9.17, 15) is 15.3 Å². The minimum Gasteiger partial charge on any atom is -0.497 e. The molecule has 23 heteroatoms. The molecule has 484 valence electrons. The molecule has 92 heavy (non-hydrogen) atoms. The molecule has 0 aliphatic carbocycles. The summed E-state index contributed by atoms with van der Waals surface area (Å²) in [7, 11) is 6.58. The van der Waals surface area contributed by atoms with Crippen LogP contribution in [-0.2, 0) is 32.1 Å². The number of nitrogens with one attached hydrogen (secondary N) is 3. The van der Waals surface area contributed by atoms with Gasteiger partial charge in [0.25, 0.3) is 0 Å². The number of hydrogen-bond acceptors (Lipinski definition) is 19. The Morgan fingerprint density at radius 2 is 0.870 bits per heavy atom. The number of halogens is 1. The Balaban J connectivity index is 0.000000135. The summed E-state index contributed by atoms with van der Waals surface area (Å²) >= 11 is 6.00. The quantitative estimate of drug-likeness (QED) is 0.0471. The Kier molecular flexibility index (Phi) is 20.1. The molecule has 0 radical (unpaired) electrons. The van der Waals surface area contributed by atoms with E-state index >= 15 is 0 Å². The first-order valence-corrected chi connectivity index (χ1v) is 31.8. The van der Waals surface area contributed by atoms with Crippen molar-refractivity contribution in [2.75, 3.05) is 84.1 Å². The van der Waals surface area contributed by atoms with Gasteiger partial charge in [-0.15, -0.1) is 11.6 Å². The van der Waals surface area contributed by atoms with Gasteiger partial charge in [-0.25, -0.2) is 29.9 Å². The zero-order valence-electron chi connectivity index (χ0n) is 53.5. The van der Waals surface area contributed by atoms with Gasteiger partial charge >= 0.3 is 0 Å². The maximum atomic E-state index is 10.3. The monoisotopic (exact) mass is 1270 g/mol. The van der Waals surface area contributed by atoms with Gasteiger partial charge in [0.15, 0.2) is 0 Å². The molecule has 9 heterocycles. The maximum Gasteiger partial charge on any atom is 0.209 e. The van der Waals surface area contributed by atoms with Gasteiger partial charge in [-0.2, -0.15) is 0 Å². The van der Waals surface area contributed by atoms with Gasteiger partial charge in [0.2, 0.25) is 17.8 Å². The largest absolute Gasteiger partial charge is 0.497 e. The number of piperidine rings is 3. The van der Waals surface area contributed by atoms with E-state index in [0.717, 1.165) is 198 Å². The predicted molar refractivity (Wildman–Crippen MR) is 362 cm³/mol. The maximum absolute atomic E-state index is 10.3. The molecule has 0 unspecified atom stereocenters. The summed E-state index contributed by atoms with van der Waals surface area (Å²) in [6, 6.07) is 35.5. The van der Waals surface area contributed by atoms with Crippen molar-refractivity contribution in [2.24, 2.45) is 0 Å². The second-order valence-electron chi connectivity index (χ2n) is 24.7. The molecule has 0 spiro atoms. The summed E-state index contributed by atoms with van der Waals surface area (Å²) in [5, 5.41) is 42.7. The van der Waals surface area contributed by atoms with Crippen LogP contribution in [0.1, 0.15) is 87.5 Å². The number of imidazole rings is 3. The Morgan fingerprint density at radius 3 is 1.27 bits per heavy atom. The van der Waals surface area contributed by atoms with Gasteiger partial charge in [0.1, 0.15) is 39.9 Å². The molecule has 3 aliphatic heterocycles. The number of methoxy groups -OCH3 is 4. The minimum absolute atomic E-state index is 0.349. The normalized spacial score (nSPS) is 16.3. The average molecular weight is 1270 g/mol. The second kappa shape index (κ2) is 28.5. The number of hydrogen-bond donors (Lipinski definition) is 7. The number of benzene rings is 5. The van der Waals surface area contributed by atoms with E-state index in [2.05, 4.69) is 48.0 Å². The summed E-state index contributed by atoms with van der Waals surface area (Å²) in [4.78, 5) is 33.2. The highest BCUT2D eigenvalue weighted by atomic mass is 35.5. The van der Waals surface area contributed by atoms with Crippen molar-refractivity contribution >= 4 is 79.1 Å². The van der Waals surface area contributed by atoms with Crippen molar-refractivity contribution in [1.29, 1.82) is 0 Å². The van der Waals surface area contributed by atoms with Crippen molar-refractivity contribution < 1.29 is 34.3 Å². The van der Waals surface area contributed by atoms with Crippen LogP contribution >= 0.6 is 11.6 Å². The third-order valence-electron chi connectivity index (χ3n) is 17.4. The van der Waals surface area contributed by atoms with Crippen LogP contribution in [0.5, 0.6) is 23.0 Å². The summed E-state index contributed by atoms with van der Waals surface area (Å²) in [6.45, 7) is 13.8. The number of anilines is 3. The van der Waals surface area contributed by atoms with Crippen LogP contribution in [0.2, 0.25) is 0 Å². The van der Waals surface area contributed by atoms with E-state index in [4.69, 9.17) is 56.2 Å². The molecule has 3 aliphatic rings. The lowest BCUT2D eigenvalue weighted by molar-refractivity contribution is -0.00792. The first-order valence-electron chi connectivity index (χ1n) is 31.3. The highest BCUT2D eigenvalue weighted by Crippen LogP contribution is 2.31. The summed E-state index contributed by atoms with van der Waals surface area (Å²) < 4.78 is 27.4. The molecule has 0 saturated carbocycles. The lowest BCUT2D eigenvalue weighted by atomic mass is 9.94. The van der Waals surface area contributed by atoms with E-state index in [1.165, 1.54) is 0 Å². The van der Waals surface area contributed by atoms with Crippen molar-refractivity contribution in [3.05, 3.63) is 156 Å². The van der Waals surface area contributed by atoms with Crippen LogP contribution in [0.15, 0.2) is 128 Å². The zero-order chi connectivity index (χ0) is 64.6. The fourth-order valence-electron chi connectivity index (χ4n) is 11.8. The number of alkyl halides is 1. The van der Waals surface area contributed by atoms with Crippen molar-refractivity contribution in [3.63, 3.8) is 0 Å². The molecule has 11 aromatic rings. The minimum atomic E-state index is -0.560. The second-order valence-corrected chi connectivity index (χ2v) is 24.9. The van der Waals surface area contributed by atoms with Crippen LogP contribution in [-0.4, -0.2) is 153 Å². The summed E-state index contributed by atoms with van der Waals surface area (Å²) in [5.74, 6) is 5.26. The topological polar surface area (TPSA) is 257 Å². The lowest BCUT2D eigenvalue weighted by Gasteiger charge is -2.35. The fourth-order valence-corrected chi connectivity index (χ4v) is 11.9. The molecule has 14 rings (SSSR count). The molecule has 6 aromatic heterocycles. The molecule has 3 saturated heterocycles. The van der Waals surface area contributed by atoms with Gasteiger partial charge in [-0.1, -0.05) is 36.4 Å². The molecule has 8 N–H and O–H groups in total. The number of ether oxygens (including phenoxy) is 4. The molecular weight excluding hydrogens is 1190 g/mol. The van der Waals surface area contributed by atoms with Crippen LogP contribution in [0.4, 0.5) is 17.8 Å². The third kappa shape index (κ3) is 15.5. The number of nitrogens with two attached hydrogens (primary N) is 1. The van der Waals surface area contributed by atoms with E-state index in [1.54, 1.807) is 28.4 Å². The molecule has 0 bridgehead atoms. The van der Waals surface area contributed by atoms with Gasteiger partial charge < -0.3 is 56.0 Å². The zero-order valence-corrected chi connectivity index (χ0v) is 54.3. The van der Waals surface area contributed by atoms with Crippen molar-refractivity contribution in [1.82, 2.24) is 58.2 Å². The molecule has 5 aromatic carbocycles. The summed E-state index contributed by atoms with van der Waals surface area (Å²) in [6.07, 6.45) is 10.9. The number of nitrogens with zero attached hydrogens (tertiary/aromatic N) is 11. The molecule has 0 atom stereocenters. The SMILES string of the molecule is CC1(O)CCN(Cc2cn3c(N)nc4ccccc4c3n2)CC1.CC1(O)CCNCC1.COc1ccc(CNc2nc3ccccc3c3nc(CCl)cn23)c(OC)c1.COc1ccc(CNc2nc3ccccc3c3nc(CN4CCC(C)(O)CC4)cn23)c(OC)c1. The first kappa shape index (κ1) is 64.9. The fraction of sp³-hybridized carbons (Fsp3) is 0.391. The van der Waals surface area contributed by atoms with Crippen LogP contribution in [0.3, 0.4) is 0 Å². The smallest absolute Gasteiger partial charge is 0.209 e. The number of nitrogen functional groups attached to an aromatic ring is 1. The molecular formula is C69H84ClN15O7. The van der Waals surface area contributed by atoms with E-state index in [-0.39, 0.29) is 5.60 Å². The highest BCUT2D eigenvalue weighted by molar-refractivity contribution is 6.17. The Labute approximate surface area is 540 Å². The van der Waals surface area contributed by atoms with Crippen molar-refractivity contribution in [2.45, 2.75) is 108 Å². The van der Waals surface area contributed by atoms with Gasteiger partial charge in [0.05, 0.1) is 84.8 Å². The lowest BCUT2D eigenvalue weighted by Crippen LogP contribution is -2.42. The predicted octanol–water partition coefficient (Wildman–Crippen LogP) is 10.0. The number of likely N-dealkylation sites (tertiary alicyclic amines) is 2. The Hall–Kier alpha value is -8.61. The average Bonchev–Trinajstić information content (AvgIpc) is 1.63. The van der Waals surface area contributed by atoms with E-state index in [0.29, 0.717) is 30.9 Å². The van der Waals surface area contributed by atoms with Gasteiger partial charge in [0, 0.05) is 110 Å². The van der Waals surface area contributed by atoms with Gasteiger partial charge in [-0.05, 0) is 133 Å². The Morgan fingerprint density at radius 1 is 0.489 bits per heavy atom. The number of aromatic nitrogens is 9. The van der Waals surface area contributed by atoms with Crippen molar-refractivity contribution in [3.8, 4) is 23.0 Å². The molecule has 22 nitrogen and oxygen atoms in total. The van der Waals surface area contributed by atoms with E-state index < -0.39 is 11.2 Å². The Bertz CT molecular complexity index is 4310. The standard InChI is InChI=1S/C26H31N5O3.C20H19ClN4O2.C17H21N5O.C6H13NO/c1-26(32)10-12-30(13-11-26)16-19-17-31-24(28-19)21-6-4-5-7-22(21)29-25(31)27-15-18-8-9-20(33-2)14-23(18)34-3;1-26-15-8-7-13(18(9-15)27-2)11-22-20-24-17-6-4-3-5-16(17)19-23-14(10-21)12-25(19)20;1-17(23)6-8-21(9-7-17)10-12-11-22-15(19-12)13-4-2-3-5-14(13)20-16(22)18;1-6(8)2-4-7-5-3-6/h4-9,14,17,32H,10-13,15-16H2,1-3H3,(H,27,29);3-9,12H,10-11H2,1-2H3,(H,22,24);2-5,11,23H,6-10H2,1H3,(H2,18,20);7-8H,2-5H2,1H3. The van der Waals surface area contributed by atoms with Gasteiger partial charge in [-0.3, -0.25) is 23.0 Å². The number of para-hydroxylation sites is 3. The number of aliphatic hydroxyl groups is 3. The van der Waals surface area contributed by atoms with Crippen LogP contribution < -0.4 is 40.6 Å². The van der Waals surface area contributed by atoms with Crippen LogP contribution in [0, 0.1) is 0 Å². The number of fused-ring (bicyclic) bond motifs is 9. The number of rotatable bonds is 15. The molecule has 0 amide bonds. The van der Waals surface area contributed by atoms with E-state index in [1.807, 2.05) is 149 Å². The third-order valence-corrected chi connectivity index (χ3v) is 17.7. The molecule has 3 fully saturated rings. The van der Waals surface area contributed by atoms with Crippen LogP contribution in [0.25, 0.3) is 49.7 Å².